The summed E-state index contributed by atoms with van der Waals surface area (Å²) >= 11 is 0. The van der Waals surface area contributed by atoms with E-state index < -0.39 is 6.61 Å². The number of aromatic nitrogens is 2. The van der Waals surface area contributed by atoms with Gasteiger partial charge in [0.1, 0.15) is 5.75 Å². The number of para-hydroxylation sites is 2. The zero-order chi connectivity index (χ0) is 22.4. The standard InChI is InChI=1S/C22H32F2N6O.HI/c1-5-17-16(18(6-2)29(4)28-17)13-26-22(25-3)27-15-11-12-30(14-15)19-9-7-8-10-20(19)31-21(23)24;/h7-10,15,21H,5-6,11-14H2,1-4H3,(H2,25,26,27);1H. The average Bonchev–Trinajstić information content (AvgIpc) is 3.34. The van der Waals surface area contributed by atoms with Gasteiger partial charge in [-0.25, -0.2) is 0 Å². The Hall–Kier alpha value is -2.11. The maximum atomic E-state index is 12.7. The summed E-state index contributed by atoms with van der Waals surface area (Å²) in [5.74, 6) is 0.924. The van der Waals surface area contributed by atoms with Crippen LogP contribution in [0.1, 0.15) is 37.2 Å². The highest BCUT2D eigenvalue weighted by molar-refractivity contribution is 14.0. The highest BCUT2D eigenvalue weighted by Crippen LogP contribution is 2.31. The zero-order valence-corrected chi connectivity index (χ0v) is 21.4. The number of guanidine groups is 1. The molecular formula is C22H33F2IN6O. The molecule has 0 aliphatic carbocycles. The van der Waals surface area contributed by atoms with Crippen LogP contribution in [0.3, 0.4) is 0 Å². The van der Waals surface area contributed by atoms with Crippen LogP contribution in [-0.4, -0.2) is 48.5 Å². The molecule has 0 bridgehead atoms. The third kappa shape index (κ3) is 6.23. The minimum absolute atomic E-state index is 0. The molecule has 1 aromatic heterocycles. The van der Waals surface area contributed by atoms with Gasteiger partial charge in [0.2, 0.25) is 0 Å². The Morgan fingerprint density at radius 1 is 1.28 bits per heavy atom. The third-order valence-electron chi connectivity index (χ3n) is 5.64. The molecule has 32 heavy (non-hydrogen) atoms. The van der Waals surface area contributed by atoms with Crippen molar-refractivity contribution in [3.05, 3.63) is 41.2 Å². The van der Waals surface area contributed by atoms with Crippen molar-refractivity contribution in [2.75, 3.05) is 25.0 Å². The van der Waals surface area contributed by atoms with Gasteiger partial charge < -0.3 is 20.3 Å². The van der Waals surface area contributed by atoms with E-state index in [0.29, 0.717) is 18.8 Å². The molecule has 1 aliphatic rings. The predicted molar refractivity (Wildman–Crippen MR) is 134 cm³/mol. The van der Waals surface area contributed by atoms with Crippen LogP contribution in [0.15, 0.2) is 29.3 Å². The topological polar surface area (TPSA) is 66.7 Å². The number of nitrogens with zero attached hydrogens (tertiary/aromatic N) is 4. The van der Waals surface area contributed by atoms with Crippen LogP contribution in [0.25, 0.3) is 0 Å². The number of rotatable bonds is 8. The molecule has 3 rings (SSSR count). The second-order valence-electron chi connectivity index (χ2n) is 7.55. The lowest BCUT2D eigenvalue weighted by atomic mass is 10.1. The molecule has 0 saturated carbocycles. The van der Waals surface area contributed by atoms with E-state index in [0.717, 1.165) is 37.5 Å². The van der Waals surface area contributed by atoms with Crippen molar-refractivity contribution in [3.8, 4) is 5.75 Å². The van der Waals surface area contributed by atoms with Crippen LogP contribution < -0.4 is 20.3 Å². The van der Waals surface area contributed by atoms with Crippen molar-refractivity contribution < 1.29 is 13.5 Å². The van der Waals surface area contributed by atoms with Gasteiger partial charge >= 0.3 is 6.61 Å². The maximum Gasteiger partial charge on any atom is 0.387 e. The van der Waals surface area contributed by atoms with Crippen molar-refractivity contribution >= 4 is 35.6 Å². The summed E-state index contributed by atoms with van der Waals surface area (Å²) in [6.45, 7) is 3.49. The zero-order valence-electron chi connectivity index (χ0n) is 19.1. The van der Waals surface area contributed by atoms with Crippen molar-refractivity contribution in [3.63, 3.8) is 0 Å². The van der Waals surface area contributed by atoms with Crippen molar-refractivity contribution in [1.29, 1.82) is 0 Å². The molecule has 2 aromatic rings. The number of hydrogen-bond acceptors (Lipinski definition) is 4. The quantitative estimate of drug-likeness (QED) is 0.292. The number of ether oxygens (including phenoxy) is 1. The first-order valence-corrected chi connectivity index (χ1v) is 10.8. The van der Waals surface area contributed by atoms with Crippen molar-refractivity contribution in [2.45, 2.75) is 52.3 Å². The minimum Gasteiger partial charge on any atom is -0.433 e. The van der Waals surface area contributed by atoms with Gasteiger partial charge in [0.05, 0.1) is 11.4 Å². The maximum absolute atomic E-state index is 12.7. The molecule has 0 amide bonds. The van der Waals surface area contributed by atoms with Gasteiger partial charge in [0.25, 0.3) is 0 Å². The molecule has 1 saturated heterocycles. The minimum atomic E-state index is -2.84. The Labute approximate surface area is 205 Å². The molecular weight excluding hydrogens is 529 g/mol. The van der Waals surface area contributed by atoms with Crippen molar-refractivity contribution in [1.82, 2.24) is 20.4 Å². The molecule has 2 heterocycles. The predicted octanol–water partition coefficient (Wildman–Crippen LogP) is 3.71. The van der Waals surface area contributed by atoms with Gasteiger partial charge in [-0.2, -0.15) is 13.9 Å². The molecule has 1 fully saturated rings. The van der Waals surface area contributed by atoms with Crippen LogP contribution in [0.4, 0.5) is 14.5 Å². The molecule has 0 radical (unpaired) electrons. The first-order chi connectivity index (χ1) is 15.0. The average molecular weight is 562 g/mol. The molecule has 1 atom stereocenters. The Morgan fingerprint density at radius 2 is 2.03 bits per heavy atom. The summed E-state index contributed by atoms with van der Waals surface area (Å²) in [6, 6.07) is 7.07. The fraction of sp³-hybridized carbons (Fsp3) is 0.545. The highest BCUT2D eigenvalue weighted by atomic mass is 127. The number of anilines is 1. The van der Waals surface area contributed by atoms with E-state index in [2.05, 4.69) is 44.2 Å². The van der Waals surface area contributed by atoms with E-state index in [1.807, 2.05) is 23.9 Å². The van der Waals surface area contributed by atoms with E-state index in [1.165, 1.54) is 11.3 Å². The van der Waals surface area contributed by atoms with Gasteiger partial charge in [0.15, 0.2) is 5.96 Å². The molecule has 7 nitrogen and oxygen atoms in total. The monoisotopic (exact) mass is 562 g/mol. The Kier molecular flexibility index (Phi) is 9.98. The lowest BCUT2D eigenvalue weighted by Gasteiger charge is -2.22. The second-order valence-corrected chi connectivity index (χ2v) is 7.55. The summed E-state index contributed by atoms with van der Waals surface area (Å²) in [5.41, 5.74) is 4.24. The molecule has 1 aliphatic heterocycles. The smallest absolute Gasteiger partial charge is 0.387 e. The number of nitrogens with one attached hydrogen (secondary N) is 2. The molecule has 0 spiro atoms. The summed E-state index contributed by atoms with van der Waals surface area (Å²) in [7, 11) is 3.73. The van der Waals surface area contributed by atoms with Gasteiger partial charge in [-0.15, -0.1) is 24.0 Å². The van der Waals surface area contributed by atoms with E-state index in [1.54, 1.807) is 19.2 Å². The van der Waals surface area contributed by atoms with Gasteiger partial charge in [-0.3, -0.25) is 9.67 Å². The summed E-state index contributed by atoms with van der Waals surface area (Å²) < 4.78 is 32.1. The van der Waals surface area contributed by atoms with E-state index in [-0.39, 0.29) is 35.8 Å². The summed E-state index contributed by atoms with van der Waals surface area (Å²) in [6.07, 6.45) is 2.68. The number of hydrogen-bond donors (Lipinski definition) is 2. The lowest BCUT2D eigenvalue weighted by molar-refractivity contribution is -0.0495. The number of halogens is 3. The molecule has 1 aromatic carbocycles. The van der Waals surface area contributed by atoms with E-state index in [4.69, 9.17) is 0 Å². The van der Waals surface area contributed by atoms with Crippen LogP contribution >= 0.6 is 24.0 Å². The first kappa shape index (κ1) is 26.1. The molecule has 178 valence electrons. The normalized spacial score (nSPS) is 16.3. The molecule has 10 heteroatoms. The largest absolute Gasteiger partial charge is 0.433 e. The molecule has 2 N–H and O–H groups in total. The Bertz CT molecular complexity index is 905. The summed E-state index contributed by atoms with van der Waals surface area (Å²) in [5, 5.41) is 11.5. The fourth-order valence-corrected chi connectivity index (χ4v) is 4.17. The third-order valence-corrected chi connectivity index (χ3v) is 5.64. The van der Waals surface area contributed by atoms with E-state index in [9.17, 15) is 8.78 Å². The first-order valence-electron chi connectivity index (χ1n) is 10.8. The number of alkyl halides is 2. The summed E-state index contributed by atoms with van der Waals surface area (Å²) in [4.78, 5) is 6.43. The van der Waals surface area contributed by atoms with Crippen LogP contribution in [0, 0.1) is 0 Å². The molecule has 1 unspecified atom stereocenters. The van der Waals surface area contributed by atoms with Gasteiger partial charge in [-0.1, -0.05) is 26.0 Å². The number of benzene rings is 1. The second kappa shape index (κ2) is 12.2. The number of aliphatic imine (C=N–C) groups is 1. The SMILES string of the molecule is CCc1nn(C)c(CC)c1CNC(=NC)NC1CCN(c2ccccc2OC(F)F)C1.I. The van der Waals surface area contributed by atoms with Crippen LogP contribution in [-0.2, 0) is 26.4 Å². The van der Waals surface area contributed by atoms with Crippen LogP contribution in [0.5, 0.6) is 5.75 Å². The lowest BCUT2D eigenvalue weighted by Crippen LogP contribution is -2.44. The Balaban J connectivity index is 0.00000363. The number of aryl methyl sites for hydroxylation is 2. The van der Waals surface area contributed by atoms with Crippen molar-refractivity contribution in [2.24, 2.45) is 12.0 Å². The van der Waals surface area contributed by atoms with E-state index >= 15 is 0 Å². The van der Waals surface area contributed by atoms with Crippen LogP contribution in [0.2, 0.25) is 0 Å². The highest BCUT2D eigenvalue weighted by Gasteiger charge is 2.26. The van der Waals surface area contributed by atoms with Gasteiger partial charge in [-0.05, 0) is 31.4 Å². The Morgan fingerprint density at radius 3 is 2.69 bits per heavy atom. The van der Waals surface area contributed by atoms with Gasteiger partial charge in [0, 0.05) is 51.0 Å². The fourth-order valence-electron chi connectivity index (χ4n) is 4.17.